The fourth-order valence-electron chi connectivity index (χ4n) is 2.71. The molecule has 25 heavy (non-hydrogen) atoms. The zero-order chi connectivity index (χ0) is 17.6. The lowest BCUT2D eigenvalue weighted by Crippen LogP contribution is -2.31. The van der Waals surface area contributed by atoms with Gasteiger partial charge in [-0.15, -0.1) is 6.58 Å². The summed E-state index contributed by atoms with van der Waals surface area (Å²) in [5.74, 6) is -0.152. The van der Waals surface area contributed by atoms with Gasteiger partial charge in [0.2, 0.25) is 0 Å². The SMILES string of the molecule is C=CCN(Cc1cccn1Cc1cccc(F)c1)C(=O)c1ccco1. The van der Waals surface area contributed by atoms with Gasteiger partial charge in [-0.2, -0.15) is 0 Å². The Hall–Kier alpha value is -3.08. The van der Waals surface area contributed by atoms with Crippen LogP contribution in [0.2, 0.25) is 0 Å². The second-order valence-electron chi connectivity index (χ2n) is 5.71. The number of nitrogens with zero attached hydrogens (tertiary/aromatic N) is 2. The molecule has 2 aromatic heterocycles. The summed E-state index contributed by atoms with van der Waals surface area (Å²) in [5, 5.41) is 0. The lowest BCUT2D eigenvalue weighted by molar-refractivity contribution is 0.0727. The van der Waals surface area contributed by atoms with E-state index in [1.165, 1.54) is 18.4 Å². The number of amides is 1. The summed E-state index contributed by atoms with van der Waals surface area (Å²) in [5.41, 5.74) is 1.82. The molecule has 0 saturated carbocycles. The van der Waals surface area contributed by atoms with Gasteiger partial charge in [-0.25, -0.2) is 4.39 Å². The van der Waals surface area contributed by atoms with Crippen molar-refractivity contribution in [1.82, 2.24) is 9.47 Å². The number of aromatic nitrogens is 1. The van der Waals surface area contributed by atoms with Crippen molar-refractivity contribution in [2.24, 2.45) is 0 Å². The van der Waals surface area contributed by atoms with Crippen LogP contribution in [0.15, 0.2) is 78.1 Å². The van der Waals surface area contributed by atoms with Gasteiger partial charge in [-0.05, 0) is 42.0 Å². The van der Waals surface area contributed by atoms with Crippen LogP contribution in [0.1, 0.15) is 21.8 Å². The number of hydrogen-bond donors (Lipinski definition) is 0. The fraction of sp³-hybridized carbons (Fsp3) is 0.150. The summed E-state index contributed by atoms with van der Waals surface area (Å²) in [6, 6.07) is 13.7. The predicted molar refractivity (Wildman–Crippen MR) is 93.6 cm³/mol. The first-order chi connectivity index (χ1) is 12.2. The Kier molecular flexibility index (Phi) is 5.14. The fourth-order valence-corrected chi connectivity index (χ4v) is 2.71. The summed E-state index contributed by atoms with van der Waals surface area (Å²) in [4.78, 5) is 14.2. The smallest absolute Gasteiger partial charge is 0.290 e. The number of benzene rings is 1. The second-order valence-corrected chi connectivity index (χ2v) is 5.71. The summed E-state index contributed by atoms with van der Waals surface area (Å²) >= 11 is 0. The highest BCUT2D eigenvalue weighted by Crippen LogP contribution is 2.14. The van der Waals surface area contributed by atoms with Crippen LogP contribution in [0.3, 0.4) is 0 Å². The minimum atomic E-state index is -0.257. The monoisotopic (exact) mass is 338 g/mol. The van der Waals surface area contributed by atoms with E-state index in [4.69, 9.17) is 4.42 Å². The highest BCUT2D eigenvalue weighted by molar-refractivity contribution is 5.91. The number of carbonyl (C=O) groups is 1. The third-order valence-corrected chi connectivity index (χ3v) is 3.89. The van der Waals surface area contributed by atoms with Gasteiger partial charge in [0.1, 0.15) is 5.82 Å². The zero-order valence-electron chi connectivity index (χ0n) is 13.8. The first-order valence-electron chi connectivity index (χ1n) is 7.99. The lowest BCUT2D eigenvalue weighted by Gasteiger charge is -2.21. The van der Waals surface area contributed by atoms with Crippen LogP contribution in [0.5, 0.6) is 0 Å². The molecule has 2 heterocycles. The van der Waals surface area contributed by atoms with E-state index in [9.17, 15) is 9.18 Å². The second kappa shape index (κ2) is 7.66. The molecule has 5 heteroatoms. The Bertz CT molecular complexity index is 852. The van der Waals surface area contributed by atoms with E-state index in [0.29, 0.717) is 25.4 Å². The van der Waals surface area contributed by atoms with Crippen molar-refractivity contribution in [3.05, 3.63) is 96.5 Å². The van der Waals surface area contributed by atoms with Gasteiger partial charge >= 0.3 is 0 Å². The average Bonchev–Trinajstić information content (AvgIpc) is 3.26. The Morgan fingerprint density at radius 2 is 2.12 bits per heavy atom. The Morgan fingerprint density at radius 1 is 1.24 bits per heavy atom. The van der Waals surface area contributed by atoms with E-state index in [-0.39, 0.29) is 11.7 Å². The van der Waals surface area contributed by atoms with Crippen LogP contribution in [0, 0.1) is 5.82 Å². The third kappa shape index (κ3) is 4.07. The molecule has 1 amide bonds. The molecule has 0 atom stereocenters. The lowest BCUT2D eigenvalue weighted by atomic mass is 10.2. The standard InChI is InChI=1S/C20H19FN2O2/c1-2-10-23(20(24)19-9-5-12-25-19)15-18-8-4-11-22(18)14-16-6-3-7-17(21)13-16/h2-9,11-13H,1,10,14-15H2. The number of halogens is 1. The van der Waals surface area contributed by atoms with Gasteiger partial charge in [0.15, 0.2) is 5.76 Å². The summed E-state index contributed by atoms with van der Waals surface area (Å²) in [6.07, 6.45) is 5.08. The third-order valence-electron chi connectivity index (χ3n) is 3.89. The number of carbonyl (C=O) groups excluding carboxylic acids is 1. The molecular weight excluding hydrogens is 319 g/mol. The molecule has 0 fully saturated rings. The highest BCUT2D eigenvalue weighted by Gasteiger charge is 2.18. The van der Waals surface area contributed by atoms with E-state index >= 15 is 0 Å². The predicted octanol–water partition coefficient (Wildman–Crippen LogP) is 4.10. The van der Waals surface area contributed by atoms with Crippen molar-refractivity contribution in [1.29, 1.82) is 0 Å². The largest absolute Gasteiger partial charge is 0.459 e. The Morgan fingerprint density at radius 3 is 2.84 bits per heavy atom. The Balaban J connectivity index is 1.78. The van der Waals surface area contributed by atoms with Crippen molar-refractivity contribution >= 4 is 5.91 Å². The molecule has 1 aromatic carbocycles. The van der Waals surface area contributed by atoms with Crippen molar-refractivity contribution in [3.63, 3.8) is 0 Å². The van der Waals surface area contributed by atoms with E-state index in [1.54, 1.807) is 29.2 Å². The zero-order valence-corrected chi connectivity index (χ0v) is 13.8. The summed E-state index contributed by atoms with van der Waals surface area (Å²) < 4.78 is 20.6. The maximum atomic E-state index is 13.4. The van der Waals surface area contributed by atoms with Crippen molar-refractivity contribution in [3.8, 4) is 0 Å². The molecule has 0 unspecified atom stereocenters. The van der Waals surface area contributed by atoms with Gasteiger partial charge in [0.25, 0.3) is 5.91 Å². The molecule has 0 N–H and O–H groups in total. The number of rotatable bonds is 7. The normalized spacial score (nSPS) is 10.6. The van der Waals surface area contributed by atoms with Crippen molar-refractivity contribution < 1.29 is 13.6 Å². The van der Waals surface area contributed by atoms with Gasteiger partial charge in [-0.3, -0.25) is 4.79 Å². The van der Waals surface area contributed by atoms with Crippen molar-refractivity contribution in [2.45, 2.75) is 13.1 Å². The molecule has 0 aliphatic heterocycles. The molecule has 0 saturated heterocycles. The molecule has 0 aliphatic carbocycles. The Labute approximate surface area is 145 Å². The number of hydrogen-bond acceptors (Lipinski definition) is 2. The van der Waals surface area contributed by atoms with Crippen LogP contribution in [-0.2, 0) is 13.1 Å². The topological polar surface area (TPSA) is 38.4 Å². The molecule has 128 valence electrons. The molecule has 0 aliphatic rings. The van der Waals surface area contributed by atoms with Crippen LogP contribution < -0.4 is 0 Å². The van der Waals surface area contributed by atoms with Gasteiger partial charge in [0.05, 0.1) is 12.8 Å². The molecule has 0 spiro atoms. The van der Waals surface area contributed by atoms with Crippen LogP contribution >= 0.6 is 0 Å². The van der Waals surface area contributed by atoms with Crippen LogP contribution in [-0.4, -0.2) is 21.9 Å². The molecule has 0 radical (unpaired) electrons. The molecule has 4 nitrogen and oxygen atoms in total. The van der Waals surface area contributed by atoms with E-state index in [0.717, 1.165) is 11.3 Å². The van der Waals surface area contributed by atoms with E-state index in [2.05, 4.69) is 6.58 Å². The maximum Gasteiger partial charge on any atom is 0.290 e. The molecule has 3 rings (SSSR count). The average molecular weight is 338 g/mol. The number of furan rings is 1. The molecular formula is C20H19FN2O2. The quantitative estimate of drug-likeness (QED) is 0.609. The first-order valence-corrected chi connectivity index (χ1v) is 7.99. The van der Waals surface area contributed by atoms with Crippen molar-refractivity contribution in [2.75, 3.05) is 6.54 Å². The van der Waals surface area contributed by atoms with Gasteiger partial charge < -0.3 is 13.9 Å². The summed E-state index contributed by atoms with van der Waals surface area (Å²) in [7, 11) is 0. The molecule has 3 aromatic rings. The van der Waals surface area contributed by atoms with E-state index < -0.39 is 0 Å². The van der Waals surface area contributed by atoms with Gasteiger partial charge in [0, 0.05) is 25.0 Å². The summed E-state index contributed by atoms with van der Waals surface area (Å²) in [6.45, 7) is 5.08. The van der Waals surface area contributed by atoms with Crippen LogP contribution in [0.4, 0.5) is 4.39 Å². The highest BCUT2D eigenvalue weighted by atomic mass is 19.1. The van der Waals surface area contributed by atoms with Gasteiger partial charge in [-0.1, -0.05) is 18.2 Å². The first kappa shape index (κ1) is 16.8. The minimum Gasteiger partial charge on any atom is -0.459 e. The van der Waals surface area contributed by atoms with E-state index in [1.807, 2.05) is 29.0 Å². The van der Waals surface area contributed by atoms with Crippen LogP contribution in [0.25, 0.3) is 0 Å². The molecule has 0 bridgehead atoms. The minimum absolute atomic E-state index is 0.191. The maximum absolute atomic E-state index is 13.4.